The number of ether oxygens (including phenoxy) is 2. The van der Waals surface area contributed by atoms with Gasteiger partial charge in [-0.25, -0.2) is 0 Å². The van der Waals surface area contributed by atoms with Gasteiger partial charge < -0.3 is 19.7 Å². The second kappa shape index (κ2) is 10.7. The van der Waals surface area contributed by atoms with Crippen LogP contribution in [0.3, 0.4) is 0 Å². The van der Waals surface area contributed by atoms with Crippen molar-refractivity contribution < 1.29 is 19.1 Å². The zero-order chi connectivity index (χ0) is 21.4. The Labute approximate surface area is 176 Å². The molecule has 0 spiro atoms. The van der Waals surface area contributed by atoms with Gasteiger partial charge >= 0.3 is 0 Å². The quantitative estimate of drug-likeness (QED) is 0.677. The van der Waals surface area contributed by atoms with E-state index in [1.807, 2.05) is 30.3 Å². The van der Waals surface area contributed by atoms with Gasteiger partial charge in [0.2, 0.25) is 11.8 Å². The van der Waals surface area contributed by atoms with Gasteiger partial charge in [0, 0.05) is 25.0 Å². The van der Waals surface area contributed by atoms with Crippen LogP contribution in [0.2, 0.25) is 5.02 Å². The Morgan fingerprint density at radius 2 is 1.79 bits per heavy atom. The first kappa shape index (κ1) is 22.6. The van der Waals surface area contributed by atoms with Crippen LogP contribution in [-0.4, -0.2) is 44.0 Å². The number of carbonyl (C=O) groups excluding carboxylic acids is 2. The molecule has 6 nitrogen and oxygen atoms in total. The lowest BCUT2D eigenvalue weighted by atomic mass is 10.1. The fourth-order valence-corrected chi connectivity index (χ4v) is 3.27. The SMILES string of the molecule is CNC(=O)[C@@H](C)N(Cc1cccc(Cl)c1)C(=O)CCc1ccc(OC)c(OC)c1. The number of methoxy groups -OCH3 is 2. The van der Waals surface area contributed by atoms with Crippen LogP contribution < -0.4 is 14.8 Å². The molecule has 0 aliphatic carbocycles. The van der Waals surface area contributed by atoms with Crippen molar-refractivity contribution in [3.8, 4) is 11.5 Å². The highest BCUT2D eigenvalue weighted by molar-refractivity contribution is 6.30. The van der Waals surface area contributed by atoms with Crippen molar-refractivity contribution in [3.63, 3.8) is 0 Å². The van der Waals surface area contributed by atoms with Crippen LogP contribution in [0.4, 0.5) is 0 Å². The van der Waals surface area contributed by atoms with Crippen molar-refractivity contribution in [2.24, 2.45) is 0 Å². The normalized spacial score (nSPS) is 11.5. The number of aryl methyl sites for hydroxylation is 1. The van der Waals surface area contributed by atoms with Crippen molar-refractivity contribution >= 4 is 23.4 Å². The van der Waals surface area contributed by atoms with Gasteiger partial charge in [0.05, 0.1) is 14.2 Å². The summed E-state index contributed by atoms with van der Waals surface area (Å²) in [4.78, 5) is 26.8. The smallest absolute Gasteiger partial charge is 0.242 e. The van der Waals surface area contributed by atoms with Gasteiger partial charge in [0.1, 0.15) is 6.04 Å². The maximum atomic E-state index is 13.0. The van der Waals surface area contributed by atoms with Crippen LogP contribution in [0, 0.1) is 0 Å². The molecule has 7 heteroatoms. The largest absolute Gasteiger partial charge is 0.493 e. The van der Waals surface area contributed by atoms with Gasteiger partial charge in [0.25, 0.3) is 0 Å². The molecule has 0 saturated carbocycles. The first-order chi connectivity index (χ1) is 13.9. The molecule has 0 aliphatic rings. The third-order valence-corrected chi connectivity index (χ3v) is 4.97. The second-order valence-electron chi connectivity index (χ2n) is 6.63. The molecule has 0 aliphatic heterocycles. The van der Waals surface area contributed by atoms with E-state index in [1.54, 1.807) is 45.2 Å². The fraction of sp³-hybridized carbons (Fsp3) is 0.364. The number of nitrogens with zero attached hydrogens (tertiary/aromatic N) is 1. The highest BCUT2D eigenvalue weighted by Gasteiger charge is 2.25. The first-order valence-corrected chi connectivity index (χ1v) is 9.73. The van der Waals surface area contributed by atoms with Gasteiger partial charge in [-0.3, -0.25) is 9.59 Å². The molecule has 0 unspecified atom stereocenters. The van der Waals surface area contributed by atoms with Crippen LogP contribution >= 0.6 is 11.6 Å². The van der Waals surface area contributed by atoms with Crippen molar-refractivity contribution in [2.45, 2.75) is 32.4 Å². The number of benzene rings is 2. The number of rotatable bonds is 9. The number of nitrogens with one attached hydrogen (secondary N) is 1. The first-order valence-electron chi connectivity index (χ1n) is 9.36. The van der Waals surface area contributed by atoms with Gasteiger partial charge in [-0.15, -0.1) is 0 Å². The molecule has 2 amide bonds. The van der Waals surface area contributed by atoms with Crippen molar-refractivity contribution in [1.29, 1.82) is 0 Å². The molecule has 0 saturated heterocycles. The summed E-state index contributed by atoms with van der Waals surface area (Å²) in [5.41, 5.74) is 1.82. The highest BCUT2D eigenvalue weighted by Crippen LogP contribution is 2.28. The standard InChI is InChI=1S/C22H27ClN2O4/c1-15(22(27)24-2)25(14-17-6-5-7-18(23)12-17)21(26)11-9-16-8-10-19(28-3)20(13-16)29-4/h5-8,10,12-13,15H,9,11,14H2,1-4H3,(H,24,27)/t15-/m1/s1. The van der Waals surface area contributed by atoms with Crippen LogP contribution in [0.1, 0.15) is 24.5 Å². The second-order valence-corrected chi connectivity index (χ2v) is 7.07. The molecule has 2 aromatic carbocycles. The maximum Gasteiger partial charge on any atom is 0.242 e. The number of amides is 2. The number of hydrogen-bond acceptors (Lipinski definition) is 4. The summed E-state index contributed by atoms with van der Waals surface area (Å²) in [5.74, 6) is 0.924. The molecule has 29 heavy (non-hydrogen) atoms. The van der Waals surface area contributed by atoms with Crippen molar-refractivity contribution in [2.75, 3.05) is 21.3 Å². The Kier molecular flexibility index (Phi) is 8.34. The van der Waals surface area contributed by atoms with E-state index in [2.05, 4.69) is 5.32 Å². The van der Waals surface area contributed by atoms with E-state index in [4.69, 9.17) is 21.1 Å². The molecule has 0 fully saturated rings. The molecular formula is C22H27ClN2O4. The number of likely N-dealkylation sites (N-methyl/N-ethyl adjacent to an activating group) is 1. The third kappa shape index (κ3) is 6.12. The number of hydrogen-bond donors (Lipinski definition) is 1. The van der Waals surface area contributed by atoms with E-state index >= 15 is 0 Å². The van der Waals surface area contributed by atoms with Gasteiger partial charge in [-0.2, -0.15) is 0 Å². The molecule has 0 heterocycles. The average molecular weight is 419 g/mol. The lowest BCUT2D eigenvalue weighted by Crippen LogP contribution is -2.46. The van der Waals surface area contributed by atoms with E-state index < -0.39 is 6.04 Å². The molecule has 0 radical (unpaired) electrons. The minimum Gasteiger partial charge on any atom is -0.493 e. The zero-order valence-electron chi connectivity index (χ0n) is 17.2. The summed E-state index contributed by atoms with van der Waals surface area (Å²) in [6.07, 6.45) is 0.781. The van der Waals surface area contributed by atoms with Crippen LogP contribution in [0.5, 0.6) is 11.5 Å². The molecule has 0 bridgehead atoms. The lowest BCUT2D eigenvalue weighted by molar-refractivity contribution is -0.140. The van der Waals surface area contributed by atoms with E-state index in [-0.39, 0.29) is 18.2 Å². The number of halogens is 1. The van der Waals surface area contributed by atoms with Crippen LogP contribution in [-0.2, 0) is 22.6 Å². The zero-order valence-corrected chi connectivity index (χ0v) is 18.0. The Hall–Kier alpha value is -2.73. The van der Waals surface area contributed by atoms with Gasteiger partial charge in [-0.1, -0.05) is 29.8 Å². The van der Waals surface area contributed by atoms with E-state index in [9.17, 15) is 9.59 Å². The van der Waals surface area contributed by atoms with Crippen LogP contribution in [0.25, 0.3) is 0 Å². The molecule has 0 aromatic heterocycles. The van der Waals surface area contributed by atoms with Crippen molar-refractivity contribution in [3.05, 3.63) is 58.6 Å². The van der Waals surface area contributed by atoms with Gasteiger partial charge in [0.15, 0.2) is 11.5 Å². The fourth-order valence-electron chi connectivity index (χ4n) is 3.05. The van der Waals surface area contributed by atoms with E-state index in [0.29, 0.717) is 29.5 Å². The predicted molar refractivity (Wildman–Crippen MR) is 113 cm³/mol. The summed E-state index contributed by atoms with van der Waals surface area (Å²) in [6.45, 7) is 2.03. The summed E-state index contributed by atoms with van der Waals surface area (Å²) in [6, 6.07) is 12.3. The Morgan fingerprint density at radius 1 is 1.07 bits per heavy atom. The molecule has 1 N–H and O–H groups in total. The summed E-state index contributed by atoms with van der Waals surface area (Å²) < 4.78 is 10.6. The maximum absolute atomic E-state index is 13.0. The Balaban J connectivity index is 2.15. The molecule has 2 aromatic rings. The average Bonchev–Trinajstić information content (AvgIpc) is 2.74. The molecule has 1 atom stereocenters. The highest BCUT2D eigenvalue weighted by atomic mass is 35.5. The van der Waals surface area contributed by atoms with E-state index in [1.165, 1.54) is 0 Å². The van der Waals surface area contributed by atoms with Gasteiger partial charge in [-0.05, 0) is 48.7 Å². The Morgan fingerprint density at radius 3 is 2.41 bits per heavy atom. The van der Waals surface area contributed by atoms with Crippen molar-refractivity contribution in [1.82, 2.24) is 10.2 Å². The van der Waals surface area contributed by atoms with Crippen LogP contribution in [0.15, 0.2) is 42.5 Å². The summed E-state index contributed by atoms with van der Waals surface area (Å²) in [5, 5.41) is 3.20. The lowest BCUT2D eigenvalue weighted by Gasteiger charge is -2.28. The number of carbonyl (C=O) groups is 2. The van der Waals surface area contributed by atoms with E-state index in [0.717, 1.165) is 11.1 Å². The Bertz CT molecular complexity index is 856. The molecule has 2 rings (SSSR count). The topological polar surface area (TPSA) is 67.9 Å². The summed E-state index contributed by atoms with van der Waals surface area (Å²) >= 11 is 6.07. The molecular weight excluding hydrogens is 392 g/mol. The predicted octanol–water partition coefficient (Wildman–Crippen LogP) is 3.45. The molecule has 156 valence electrons. The monoisotopic (exact) mass is 418 g/mol. The summed E-state index contributed by atoms with van der Waals surface area (Å²) in [7, 11) is 4.71. The minimum absolute atomic E-state index is 0.115. The minimum atomic E-state index is -0.600. The third-order valence-electron chi connectivity index (χ3n) is 4.73.